The third-order valence-electron chi connectivity index (χ3n) is 3.58. The van der Waals surface area contributed by atoms with Crippen LogP contribution in [0, 0.1) is 0 Å². The van der Waals surface area contributed by atoms with E-state index in [0.29, 0.717) is 12.0 Å². The van der Waals surface area contributed by atoms with E-state index >= 15 is 0 Å². The summed E-state index contributed by atoms with van der Waals surface area (Å²) < 4.78 is 0. The first-order valence-corrected chi connectivity index (χ1v) is 10.2. The lowest BCUT2D eigenvalue weighted by atomic mass is 10.1. The highest BCUT2D eigenvalue weighted by Gasteiger charge is 2.21. The van der Waals surface area contributed by atoms with Crippen molar-refractivity contribution in [2.45, 2.75) is 19.0 Å². The Kier molecular flexibility index (Phi) is 7.68. The van der Waals surface area contributed by atoms with Crippen molar-refractivity contribution >= 4 is 40.9 Å². The molecular weight excluding hydrogens is 372 g/mol. The van der Waals surface area contributed by atoms with Crippen molar-refractivity contribution in [3.05, 3.63) is 57.8 Å². The maximum absolute atomic E-state index is 12.5. The van der Waals surface area contributed by atoms with Gasteiger partial charge in [-0.05, 0) is 42.7 Å². The lowest BCUT2D eigenvalue weighted by Crippen LogP contribution is -2.46. The van der Waals surface area contributed by atoms with Gasteiger partial charge in [-0.2, -0.15) is 11.8 Å². The maximum Gasteiger partial charge on any atom is 0.345 e. The normalized spacial score (nSPS) is 11.6. The van der Waals surface area contributed by atoms with Crippen LogP contribution in [0.4, 0.5) is 0 Å². The summed E-state index contributed by atoms with van der Waals surface area (Å²) in [6.07, 6.45) is 2.45. The molecule has 0 aliphatic heterocycles. The van der Waals surface area contributed by atoms with Crippen LogP contribution in [0.15, 0.2) is 42.5 Å². The highest BCUT2D eigenvalue weighted by atomic mass is 32.2. The van der Waals surface area contributed by atoms with Crippen LogP contribution in [0.1, 0.15) is 31.3 Å². The van der Waals surface area contributed by atoms with Gasteiger partial charge in [0.1, 0.15) is 10.9 Å². The van der Waals surface area contributed by atoms with Crippen LogP contribution >= 0.6 is 23.1 Å². The van der Waals surface area contributed by atoms with Gasteiger partial charge in [-0.25, -0.2) is 4.79 Å². The molecule has 0 aliphatic carbocycles. The van der Waals surface area contributed by atoms with Gasteiger partial charge in [0.15, 0.2) is 0 Å². The molecule has 0 aliphatic rings. The predicted molar refractivity (Wildman–Crippen MR) is 104 cm³/mol. The van der Waals surface area contributed by atoms with Gasteiger partial charge in [-0.3, -0.25) is 9.59 Å². The third-order valence-corrected chi connectivity index (χ3v) is 5.29. The zero-order valence-electron chi connectivity index (χ0n) is 14.2. The standard InChI is InChI=1S/C18H20N2O4S2/c1-25-10-9-14(20-16(21)12-5-3-2-4-6-12)17(22)19-11-13-7-8-15(26-13)18(23)24/h2-8,14H,9-11H2,1H3,(H,19,22)(H,20,21)(H,23,24). The van der Waals surface area contributed by atoms with E-state index in [-0.39, 0.29) is 23.2 Å². The second kappa shape index (κ2) is 9.98. The maximum atomic E-state index is 12.5. The largest absolute Gasteiger partial charge is 0.477 e. The molecule has 2 amide bonds. The van der Waals surface area contributed by atoms with Crippen molar-refractivity contribution in [3.8, 4) is 0 Å². The number of amides is 2. The van der Waals surface area contributed by atoms with Crippen LogP contribution in [0.2, 0.25) is 0 Å². The topological polar surface area (TPSA) is 95.5 Å². The van der Waals surface area contributed by atoms with E-state index in [0.717, 1.165) is 22.0 Å². The molecule has 0 saturated heterocycles. The SMILES string of the molecule is CSCCC(NC(=O)c1ccccc1)C(=O)NCc1ccc(C(=O)O)s1. The molecule has 2 rings (SSSR count). The summed E-state index contributed by atoms with van der Waals surface area (Å²) in [7, 11) is 0. The van der Waals surface area contributed by atoms with Crippen molar-refractivity contribution in [2.24, 2.45) is 0 Å². The molecule has 0 saturated carbocycles. The smallest absolute Gasteiger partial charge is 0.345 e. The minimum absolute atomic E-state index is 0.227. The molecule has 1 heterocycles. The Hall–Kier alpha value is -2.32. The van der Waals surface area contributed by atoms with Gasteiger partial charge in [0, 0.05) is 10.4 Å². The minimum atomic E-state index is -0.986. The molecule has 0 radical (unpaired) electrons. The van der Waals surface area contributed by atoms with E-state index in [2.05, 4.69) is 10.6 Å². The van der Waals surface area contributed by atoms with E-state index < -0.39 is 12.0 Å². The van der Waals surface area contributed by atoms with Crippen LogP contribution < -0.4 is 10.6 Å². The Bertz CT molecular complexity index is 762. The van der Waals surface area contributed by atoms with Crippen molar-refractivity contribution in [3.63, 3.8) is 0 Å². The molecule has 1 aromatic heterocycles. The number of thioether (sulfide) groups is 1. The van der Waals surface area contributed by atoms with Gasteiger partial charge in [-0.15, -0.1) is 11.3 Å². The summed E-state index contributed by atoms with van der Waals surface area (Å²) >= 11 is 2.71. The second-order valence-corrected chi connectivity index (χ2v) is 7.62. The predicted octanol–water partition coefficient (Wildman–Crippen LogP) is 2.61. The fraction of sp³-hybridized carbons (Fsp3) is 0.278. The van der Waals surface area contributed by atoms with E-state index in [1.54, 1.807) is 42.1 Å². The van der Waals surface area contributed by atoms with Crippen LogP contribution in [0.3, 0.4) is 0 Å². The summed E-state index contributed by atoms with van der Waals surface area (Å²) in [4.78, 5) is 36.7. The summed E-state index contributed by atoms with van der Waals surface area (Å²) in [6, 6.07) is 11.3. The van der Waals surface area contributed by atoms with E-state index in [1.165, 1.54) is 6.07 Å². The van der Waals surface area contributed by atoms with Crippen LogP contribution in [-0.2, 0) is 11.3 Å². The summed E-state index contributed by atoms with van der Waals surface area (Å²) in [5, 5.41) is 14.5. The number of carbonyl (C=O) groups is 3. The number of thiophene rings is 1. The number of nitrogens with one attached hydrogen (secondary N) is 2. The van der Waals surface area contributed by atoms with Crippen molar-refractivity contribution < 1.29 is 19.5 Å². The van der Waals surface area contributed by atoms with Crippen molar-refractivity contribution in [1.82, 2.24) is 10.6 Å². The third kappa shape index (κ3) is 5.89. The molecule has 26 heavy (non-hydrogen) atoms. The molecule has 0 spiro atoms. The molecule has 1 unspecified atom stereocenters. The molecule has 3 N–H and O–H groups in total. The molecule has 8 heteroatoms. The first-order valence-electron chi connectivity index (χ1n) is 7.96. The molecule has 6 nitrogen and oxygen atoms in total. The Morgan fingerprint density at radius 3 is 2.50 bits per heavy atom. The zero-order chi connectivity index (χ0) is 18.9. The monoisotopic (exact) mass is 392 g/mol. The molecule has 2 aromatic rings. The first-order chi connectivity index (χ1) is 12.5. The lowest BCUT2D eigenvalue weighted by molar-refractivity contribution is -0.123. The second-order valence-electron chi connectivity index (χ2n) is 5.46. The number of aromatic carboxylic acids is 1. The Morgan fingerprint density at radius 2 is 1.88 bits per heavy atom. The van der Waals surface area contributed by atoms with E-state index in [9.17, 15) is 14.4 Å². The average molecular weight is 393 g/mol. The molecular formula is C18H20N2O4S2. The number of benzene rings is 1. The van der Waals surface area contributed by atoms with Gasteiger partial charge < -0.3 is 15.7 Å². The number of rotatable bonds is 9. The van der Waals surface area contributed by atoms with Crippen LogP contribution in [0.25, 0.3) is 0 Å². The van der Waals surface area contributed by atoms with Gasteiger partial charge in [-0.1, -0.05) is 18.2 Å². The highest BCUT2D eigenvalue weighted by molar-refractivity contribution is 7.98. The van der Waals surface area contributed by atoms with E-state index in [1.807, 2.05) is 12.3 Å². The van der Waals surface area contributed by atoms with Gasteiger partial charge >= 0.3 is 5.97 Å². The molecule has 138 valence electrons. The van der Waals surface area contributed by atoms with Crippen molar-refractivity contribution in [1.29, 1.82) is 0 Å². The van der Waals surface area contributed by atoms with Gasteiger partial charge in [0.05, 0.1) is 6.54 Å². The Labute approximate surface area is 160 Å². The zero-order valence-corrected chi connectivity index (χ0v) is 15.9. The van der Waals surface area contributed by atoms with Crippen LogP contribution in [-0.4, -0.2) is 40.9 Å². The fourth-order valence-corrected chi connectivity index (χ4v) is 3.48. The van der Waals surface area contributed by atoms with Gasteiger partial charge in [0.2, 0.25) is 5.91 Å². The molecule has 0 fully saturated rings. The molecule has 0 bridgehead atoms. The lowest BCUT2D eigenvalue weighted by Gasteiger charge is -2.18. The summed E-state index contributed by atoms with van der Waals surface area (Å²) in [6.45, 7) is 0.230. The number of carboxylic acids is 1. The Morgan fingerprint density at radius 1 is 1.15 bits per heavy atom. The van der Waals surface area contributed by atoms with Gasteiger partial charge in [0.25, 0.3) is 5.91 Å². The number of carbonyl (C=O) groups excluding carboxylic acids is 2. The van der Waals surface area contributed by atoms with E-state index in [4.69, 9.17) is 5.11 Å². The summed E-state index contributed by atoms with van der Waals surface area (Å²) in [5.74, 6) is -0.833. The summed E-state index contributed by atoms with van der Waals surface area (Å²) in [5.41, 5.74) is 0.499. The average Bonchev–Trinajstić information content (AvgIpc) is 3.13. The molecule has 1 atom stereocenters. The Balaban J connectivity index is 1.96. The fourth-order valence-electron chi connectivity index (χ4n) is 2.22. The minimum Gasteiger partial charge on any atom is -0.477 e. The highest BCUT2D eigenvalue weighted by Crippen LogP contribution is 2.16. The van der Waals surface area contributed by atoms with Crippen LogP contribution in [0.5, 0.6) is 0 Å². The van der Waals surface area contributed by atoms with Crippen molar-refractivity contribution in [2.75, 3.05) is 12.0 Å². The quantitative estimate of drug-likeness (QED) is 0.610. The number of hydrogen-bond acceptors (Lipinski definition) is 5. The number of carboxylic acid groups (broad SMARTS) is 1. The first kappa shape index (κ1) is 20.0. The molecule has 1 aromatic carbocycles. The number of hydrogen-bond donors (Lipinski definition) is 3.